The Labute approximate surface area is 208 Å². The topological polar surface area (TPSA) is 115 Å². The quantitative estimate of drug-likeness (QED) is 0.448. The number of nitrogens with zero attached hydrogens (tertiary/aromatic N) is 4. The molecule has 0 spiro atoms. The Kier molecular flexibility index (Phi) is 6.36. The Morgan fingerprint density at radius 2 is 1.81 bits per heavy atom. The number of hydrogen-bond acceptors (Lipinski definition) is 6. The maximum atomic E-state index is 13.0. The van der Waals surface area contributed by atoms with Gasteiger partial charge in [-0.1, -0.05) is 42.5 Å². The number of pyridine rings is 1. The van der Waals surface area contributed by atoms with E-state index in [4.69, 9.17) is 10.5 Å². The third kappa shape index (κ3) is 5.05. The summed E-state index contributed by atoms with van der Waals surface area (Å²) < 4.78 is 7.30. The number of aromatic nitrogens is 3. The first-order valence-corrected chi connectivity index (χ1v) is 11.6. The lowest BCUT2D eigenvalue weighted by molar-refractivity contribution is 0.0937. The highest BCUT2D eigenvalue weighted by Crippen LogP contribution is 2.25. The van der Waals surface area contributed by atoms with Crippen LogP contribution in [0.1, 0.15) is 16.8 Å². The molecule has 1 saturated heterocycles. The van der Waals surface area contributed by atoms with Crippen LogP contribution in [0.5, 0.6) is 5.75 Å². The number of aryl methyl sites for hydroxylation is 1. The number of ether oxygens (including phenoxy) is 1. The minimum Gasteiger partial charge on any atom is -0.410 e. The molecule has 2 aromatic carbocycles. The van der Waals surface area contributed by atoms with E-state index in [1.807, 2.05) is 61.8 Å². The molecule has 0 bridgehead atoms. The summed E-state index contributed by atoms with van der Waals surface area (Å²) >= 11 is 0. The van der Waals surface area contributed by atoms with Crippen LogP contribution in [-0.4, -0.2) is 50.8 Å². The van der Waals surface area contributed by atoms with Gasteiger partial charge in [0.1, 0.15) is 11.6 Å². The van der Waals surface area contributed by atoms with Crippen LogP contribution in [0.25, 0.3) is 22.3 Å². The zero-order valence-corrected chi connectivity index (χ0v) is 19.8. The van der Waals surface area contributed by atoms with Crippen molar-refractivity contribution in [2.24, 2.45) is 7.05 Å². The number of nitrogens with two attached hydrogens (primary N) is 1. The van der Waals surface area contributed by atoms with E-state index in [9.17, 15) is 9.59 Å². The summed E-state index contributed by atoms with van der Waals surface area (Å²) in [7, 11) is 1.82. The van der Waals surface area contributed by atoms with Crippen molar-refractivity contribution in [3.63, 3.8) is 0 Å². The van der Waals surface area contributed by atoms with Gasteiger partial charge in [0.2, 0.25) is 0 Å². The number of rotatable bonds is 5. The van der Waals surface area contributed by atoms with Crippen molar-refractivity contribution in [3.05, 3.63) is 84.8 Å². The van der Waals surface area contributed by atoms with Crippen molar-refractivity contribution in [3.8, 4) is 28.0 Å². The van der Waals surface area contributed by atoms with Gasteiger partial charge in [-0.3, -0.25) is 9.48 Å². The number of carbonyl (C=O) groups is 2. The van der Waals surface area contributed by atoms with E-state index in [2.05, 4.69) is 15.4 Å². The number of nitrogens with one attached hydrogen (secondary N) is 1. The fourth-order valence-corrected chi connectivity index (χ4v) is 4.23. The van der Waals surface area contributed by atoms with Gasteiger partial charge in [-0.25, -0.2) is 9.78 Å². The van der Waals surface area contributed by atoms with Crippen molar-refractivity contribution in [1.29, 1.82) is 0 Å². The lowest BCUT2D eigenvalue weighted by Crippen LogP contribution is -2.39. The molecular weight excluding hydrogens is 456 g/mol. The van der Waals surface area contributed by atoms with E-state index in [1.54, 1.807) is 34.1 Å². The molecule has 182 valence electrons. The predicted molar refractivity (Wildman–Crippen MR) is 136 cm³/mol. The van der Waals surface area contributed by atoms with Gasteiger partial charge < -0.3 is 20.7 Å². The van der Waals surface area contributed by atoms with Crippen molar-refractivity contribution in [2.75, 3.05) is 18.8 Å². The summed E-state index contributed by atoms with van der Waals surface area (Å²) in [6.07, 6.45) is 5.32. The lowest BCUT2D eigenvalue weighted by Gasteiger charge is -2.17. The van der Waals surface area contributed by atoms with E-state index in [-0.39, 0.29) is 23.3 Å². The summed E-state index contributed by atoms with van der Waals surface area (Å²) in [5.41, 5.74) is 9.87. The van der Waals surface area contributed by atoms with Crippen molar-refractivity contribution < 1.29 is 14.3 Å². The number of anilines is 1. The molecule has 5 rings (SSSR count). The van der Waals surface area contributed by atoms with E-state index in [0.29, 0.717) is 25.3 Å². The average molecular weight is 483 g/mol. The SMILES string of the molecule is Cn1cc(-c2cnc(N)c(C(=O)N[C@@H]3CCN(C(=O)Oc4cccc(-c5ccccc5)c4)C3)c2)cn1. The number of likely N-dealkylation sites (tertiary alicyclic amines) is 1. The molecule has 36 heavy (non-hydrogen) atoms. The lowest BCUT2D eigenvalue weighted by atomic mass is 10.1. The molecule has 0 radical (unpaired) electrons. The van der Waals surface area contributed by atoms with Gasteiger partial charge in [-0.05, 0) is 35.7 Å². The highest BCUT2D eigenvalue weighted by atomic mass is 16.6. The fraction of sp³-hybridized carbons (Fsp3) is 0.185. The van der Waals surface area contributed by atoms with Crippen LogP contribution in [-0.2, 0) is 7.05 Å². The third-order valence-corrected chi connectivity index (χ3v) is 6.13. The third-order valence-electron chi connectivity index (χ3n) is 6.13. The second-order valence-corrected chi connectivity index (χ2v) is 8.73. The summed E-state index contributed by atoms with van der Waals surface area (Å²) in [4.78, 5) is 31.5. The van der Waals surface area contributed by atoms with E-state index in [1.165, 1.54) is 0 Å². The molecule has 0 saturated carbocycles. The number of benzene rings is 2. The minimum atomic E-state index is -0.447. The van der Waals surface area contributed by atoms with Crippen LogP contribution in [0, 0.1) is 0 Å². The normalized spacial score (nSPS) is 15.0. The first kappa shape index (κ1) is 23.1. The Morgan fingerprint density at radius 3 is 2.58 bits per heavy atom. The van der Waals surface area contributed by atoms with Gasteiger partial charge in [0.15, 0.2) is 0 Å². The minimum absolute atomic E-state index is 0.146. The Hall–Kier alpha value is -4.66. The number of nitrogen functional groups attached to an aromatic ring is 1. The Morgan fingerprint density at radius 1 is 1.00 bits per heavy atom. The second kappa shape index (κ2) is 9.91. The van der Waals surface area contributed by atoms with Gasteiger partial charge in [0.05, 0.1) is 11.8 Å². The van der Waals surface area contributed by atoms with E-state index in [0.717, 1.165) is 22.3 Å². The van der Waals surface area contributed by atoms with Crippen LogP contribution in [0.15, 0.2) is 79.3 Å². The summed E-state index contributed by atoms with van der Waals surface area (Å²) in [5.74, 6) is 0.286. The largest absolute Gasteiger partial charge is 0.415 e. The zero-order chi connectivity index (χ0) is 25.1. The molecule has 0 unspecified atom stereocenters. The van der Waals surface area contributed by atoms with E-state index < -0.39 is 6.09 Å². The summed E-state index contributed by atoms with van der Waals surface area (Å²) in [6, 6.07) is 18.8. The Bertz CT molecular complexity index is 1400. The van der Waals surface area contributed by atoms with Crippen LogP contribution in [0.3, 0.4) is 0 Å². The van der Waals surface area contributed by atoms with Crippen molar-refractivity contribution in [2.45, 2.75) is 12.5 Å². The molecule has 0 aliphatic carbocycles. The predicted octanol–water partition coefficient (Wildman–Crippen LogP) is 3.73. The van der Waals surface area contributed by atoms with Crippen LogP contribution in [0.2, 0.25) is 0 Å². The first-order valence-electron chi connectivity index (χ1n) is 11.6. The smallest absolute Gasteiger partial charge is 0.410 e. The molecule has 1 fully saturated rings. The highest BCUT2D eigenvalue weighted by Gasteiger charge is 2.29. The van der Waals surface area contributed by atoms with Gasteiger partial charge in [0.25, 0.3) is 5.91 Å². The number of hydrogen-bond donors (Lipinski definition) is 2. The molecule has 1 atom stereocenters. The molecule has 2 amide bonds. The molecule has 2 aromatic heterocycles. The molecule has 9 nitrogen and oxygen atoms in total. The highest BCUT2D eigenvalue weighted by molar-refractivity contribution is 5.99. The van der Waals surface area contributed by atoms with Gasteiger partial charge in [-0.15, -0.1) is 0 Å². The first-order chi connectivity index (χ1) is 17.5. The maximum Gasteiger partial charge on any atom is 0.415 e. The standard InChI is InChI=1S/C27H26N6O3/c1-32-16-21(15-30-32)20-13-24(25(28)29-14-20)26(34)31-22-10-11-33(17-22)27(35)36-23-9-5-8-19(12-23)18-6-3-2-4-7-18/h2-9,12-16,22H,10-11,17H2,1H3,(H2,28,29)(H,31,34)/t22-/m1/s1. The van der Waals surface area contributed by atoms with E-state index >= 15 is 0 Å². The molecule has 3 N–H and O–H groups in total. The molecule has 3 heterocycles. The number of amides is 2. The molecule has 9 heteroatoms. The zero-order valence-electron chi connectivity index (χ0n) is 19.8. The van der Waals surface area contributed by atoms with Gasteiger partial charge >= 0.3 is 6.09 Å². The fourth-order valence-electron chi connectivity index (χ4n) is 4.23. The van der Waals surface area contributed by atoms with Crippen LogP contribution in [0.4, 0.5) is 10.6 Å². The van der Waals surface area contributed by atoms with Crippen molar-refractivity contribution in [1.82, 2.24) is 25.0 Å². The molecule has 1 aliphatic rings. The molecule has 1 aliphatic heterocycles. The van der Waals surface area contributed by atoms with Crippen LogP contribution >= 0.6 is 0 Å². The second-order valence-electron chi connectivity index (χ2n) is 8.73. The van der Waals surface area contributed by atoms with Crippen molar-refractivity contribution >= 4 is 17.8 Å². The van der Waals surface area contributed by atoms with Crippen LogP contribution < -0.4 is 15.8 Å². The number of carbonyl (C=O) groups excluding carboxylic acids is 2. The Balaban J connectivity index is 1.21. The summed E-state index contributed by atoms with van der Waals surface area (Å²) in [6.45, 7) is 0.824. The molecule has 4 aromatic rings. The molecular formula is C27H26N6O3. The van der Waals surface area contributed by atoms with Gasteiger partial charge in [0, 0.05) is 49.7 Å². The average Bonchev–Trinajstić information content (AvgIpc) is 3.54. The maximum absolute atomic E-state index is 13.0. The van der Waals surface area contributed by atoms with Gasteiger partial charge in [-0.2, -0.15) is 5.10 Å². The summed E-state index contributed by atoms with van der Waals surface area (Å²) in [5, 5.41) is 7.13. The monoisotopic (exact) mass is 482 g/mol.